The van der Waals surface area contributed by atoms with Gasteiger partial charge < -0.3 is 29.8 Å². The SMILES string of the molecule is Cn1c(C(=O)Nc2cccc(CO)c2COc2ccc(OCC3CCNC3)cc2)cc2sccc21. The number of rotatable bonds is 9. The Morgan fingerprint density at radius 3 is 2.69 bits per heavy atom. The van der Waals surface area contributed by atoms with Crippen LogP contribution >= 0.6 is 11.3 Å². The van der Waals surface area contributed by atoms with Gasteiger partial charge in [-0.1, -0.05) is 12.1 Å². The number of amides is 1. The maximum absolute atomic E-state index is 13.1. The van der Waals surface area contributed by atoms with Crippen LogP contribution in [-0.2, 0) is 20.3 Å². The van der Waals surface area contributed by atoms with Gasteiger partial charge in [-0.15, -0.1) is 11.3 Å². The fourth-order valence-corrected chi connectivity index (χ4v) is 5.23. The Labute approximate surface area is 208 Å². The van der Waals surface area contributed by atoms with Crippen molar-refractivity contribution in [3.05, 3.63) is 76.8 Å². The zero-order valence-electron chi connectivity index (χ0n) is 19.6. The topological polar surface area (TPSA) is 84.8 Å². The predicted octanol–water partition coefficient (Wildman–Crippen LogP) is 4.55. The number of hydrogen-bond acceptors (Lipinski definition) is 6. The van der Waals surface area contributed by atoms with Crippen LogP contribution in [0.5, 0.6) is 11.5 Å². The summed E-state index contributed by atoms with van der Waals surface area (Å²) < 4.78 is 14.9. The molecule has 182 valence electrons. The molecule has 1 fully saturated rings. The van der Waals surface area contributed by atoms with Crippen molar-refractivity contribution in [1.82, 2.24) is 9.88 Å². The highest BCUT2D eigenvalue weighted by Gasteiger charge is 2.18. The number of fused-ring (bicyclic) bond motifs is 1. The lowest BCUT2D eigenvalue weighted by Gasteiger charge is -2.16. The number of hydrogen-bond donors (Lipinski definition) is 3. The summed E-state index contributed by atoms with van der Waals surface area (Å²) in [4.78, 5) is 13.1. The molecule has 1 aliphatic rings. The Morgan fingerprint density at radius 1 is 1.17 bits per heavy atom. The zero-order chi connectivity index (χ0) is 24.2. The molecule has 0 bridgehead atoms. The molecular formula is C27H29N3O4S. The third-order valence-corrected chi connectivity index (χ3v) is 7.30. The smallest absolute Gasteiger partial charge is 0.272 e. The lowest BCUT2D eigenvalue weighted by Crippen LogP contribution is -2.17. The van der Waals surface area contributed by atoms with Gasteiger partial charge in [0.05, 0.1) is 23.4 Å². The van der Waals surface area contributed by atoms with Crippen LogP contribution in [0.1, 0.15) is 28.0 Å². The number of thiophene rings is 1. The van der Waals surface area contributed by atoms with Crippen molar-refractivity contribution in [2.75, 3.05) is 25.0 Å². The van der Waals surface area contributed by atoms with Crippen LogP contribution in [-0.4, -0.2) is 35.3 Å². The van der Waals surface area contributed by atoms with Crippen LogP contribution in [0, 0.1) is 5.92 Å². The average molecular weight is 492 g/mol. The second-order valence-electron chi connectivity index (χ2n) is 8.74. The van der Waals surface area contributed by atoms with E-state index in [1.54, 1.807) is 11.3 Å². The Bertz CT molecular complexity index is 1310. The van der Waals surface area contributed by atoms with Gasteiger partial charge in [-0.3, -0.25) is 4.79 Å². The summed E-state index contributed by atoms with van der Waals surface area (Å²) in [5.41, 5.74) is 3.68. The van der Waals surface area contributed by atoms with Crippen molar-refractivity contribution >= 4 is 33.1 Å². The predicted molar refractivity (Wildman–Crippen MR) is 138 cm³/mol. The van der Waals surface area contributed by atoms with Gasteiger partial charge in [-0.2, -0.15) is 0 Å². The summed E-state index contributed by atoms with van der Waals surface area (Å²) in [5, 5.41) is 18.3. The van der Waals surface area contributed by atoms with E-state index in [2.05, 4.69) is 10.6 Å². The fraction of sp³-hybridized carbons (Fsp3) is 0.296. The van der Waals surface area contributed by atoms with E-state index in [1.807, 2.05) is 71.6 Å². The van der Waals surface area contributed by atoms with E-state index in [0.717, 1.165) is 41.0 Å². The largest absolute Gasteiger partial charge is 0.493 e. The minimum absolute atomic E-state index is 0.148. The number of aryl methyl sites for hydroxylation is 1. The van der Waals surface area contributed by atoms with Crippen LogP contribution in [0.3, 0.4) is 0 Å². The van der Waals surface area contributed by atoms with E-state index in [4.69, 9.17) is 9.47 Å². The molecule has 0 spiro atoms. The second kappa shape index (κ2) is 10.5. The molecule has 35 heavy (non-hydrogen) atoms. The molecule has 3 N–H and O–H groups in total. The number of anilines is 1. The lowest BCUT2D eigenvalue weighted by atomic mass is 10.1. The molecule has 1 atom stereocenters. The van der Waals surface area contributed by atoms with Crippen molar-refractivity contribution in [3.8, 4) is 11.5 Å². The summed E-state index contributed by atoms with van der Waals surface area (Å²) in [6.45, 7) is 2.84. The zero-order valence-corrected chi connectivity index (χ0v) is 20.4. The Morgan fingerprint density at radius 2 is 1.97 bits per heavy atom. The van der Waals surface area contributed by atoms with E-state index in [0.29, 0.717) is 35.2 Å². The first-order valence-corrected chi connectivity index (χ1v) is 12.6. The molecule has 4 aromatic rings. The van der Waals surface area contributed by atoms with Gasteiger partial charge in [0.1, 0.15) is 23.8 Å². The van der Waals surface area contributed by atoms with E-state index < -0.39 is 0 Å². The van der Waals surface area contributed by atoms with Crippen molar-refractivity contribution in [2.24, 2.45) is 13.0 Å². The number of ether oxygens (including phenoxy) is 2. The fourth-order valence-electron chi connectivity index (χ4n) is 4.38. The number of aliphatic hydroxyl groups excluding tert-OH is 1. The first-order chi connectivity index (χ1) is 17.1. The lowest BCUT2D eigenvalue weighted by molar-refractivity contribution is 0.101. The van der Waals surface area contributed by atoms with Crippen molar-refractivity contribution in [2.45, 2.75) is 19.6 Å². The minimum Gasteiger partial charge on any atom is -0.493 e. The average Bonchev–Trinajstić information content (AvgIpc) is 3.62. The van der Waals surface area contributed by atoms with Gasteiger partial charge in [-0.25, -0.2) is 0 Å². The van der Waals surface area contributed by atoms with Gasteiger partial charge >= 0.3 is 0 Å². The number of aromatic nitrogens is 1. The standard InChI is InChI=1S/C27H29N3O4S/c1-30-24-10-12-35-26(24)13-25(30)27(32)29-23-4-2-3-19(15-31)22(23)17-34-21-7-5-20(6-8-21)33-16-18-9-11-28-14-18/h2-8,10,12-13,18,28,31H,9,11,14-17H2,1H3,(H,29,32). The molecule has 2 aromatic heterocycles. The van der Waals surface area contributed by atoms with Crippen molar-refractivity contribution < 1.29 is 19.4 Å². The number of aliphatic hydroxyl groups is 1. The summed E-state index contributed by atoms with van der Waals surface area (Å²) in [6.07, 6.45) is 1.15. The number of nitrogens with one attached hydrogen (secondary N) is 2. The molecule has 1 unspecified atom stereocenters. The molecule has 0 saturated carbocycles. The first-order valence-electron chi connectivity index (χ1n) is 11.7. The quantitative estimate of drug-likeness (QED) is 0.320. The Kier molecular flexibility index (Phi) is 7.03. The van der Waals surface area contributed by atoms with E-state index in [1.165, 1.54) is 0 Å². The molecule has 1 saturated heterocycles. The van der Waals surface area contributed by atoms with Gasteiger partial charge in [0, 0.05) is 30.8 Å². The summed E-state index contributed by atoms with van der Waals surface area (Å²) in [6, 6.07) is 16.9. The number of benzene rings is 2. The van der Waals surface area contributed by atoms with Gasteiger partial charge in [0.15, 0.2) is 0 Å². The molecule has 7 nitrogen and oxygen atoms in total. The normalized spacial score (nSPS) is 15.4. The van der Waals surface area contributed by atoms with E-state index in [-0.39, 0.29) is 19.1 Å². The highest BCUT2D eigenvalue weighted by Crippen LogP contribution is 2.27. The molecule has 1 aliphatic heterocycles. The maximum atomic E-state index is 13.1. The second-order valence-corrected chi connectivity index (χ2v) is 9.69. The highest BCUT2D eigenvalue weighted by atomic mass is 32.1. The summed E-state index contributed by atoms with van der Waals surface area (Å²) in [5.74, 6) is 1.86. The molecular weight excluding hydrogens is 462 g/mol. The first kappa shape index (κ1) is 23.4. The number of carbonyl (C=O) groups is 1. The van der Waals surface area contributed by atoms with Gasteiger partial charge in [-0.05, 0) is 66.4 Å². The number of carbonyl (C=O) groups excluding carboxylic acids is 1. The van der Waals surface area contributed by atoms with Gasteiger partial charge in [0.2, 0.25) is 0 Å². The van der Waals surface area contributed by atoms with Crippen LogP contribution in [0.4, 0.5) is 5.69 Å². The summed E-state index contributed by atoms with van der Waals surface area (Å²) in [7, 11) is 1.89. The minimum atomic E-state index is -0.203. The van der Waals surface area contributed by atoms with Crippen LogP contribution < -0.4 is 20.1 Å². The van der Waals surface area contributed by atoms with Crippen molar-refractivity contribution in [3.63, 3.8) is 0 Å². The van der Waals surface area contributed by atoms with Crippen LogP contribution in [0.2, 0.25) is 0 Å². The maximum Gasteiger partial charge on any atom is 0.272 e. The molecule has 1 amide bonds. The highest BCUT2D eigenvalue weighted by molar-refractivity contribution is 7.17. The van der Waals surface area contributed by atoms with Crippen molar-refractivity contribution in [1.29, 1.82) is 0 Å². The Balaban J connectivity index is 1.26. The monoisotopic (exact) mass is 491 g/mol. The van der Waals surface area contributed by atoms with Gasteiger partial charge in [0.25, 0.3) is 5.91 Å². The van der Waals surface area contributed by atoms with Crippen LogP contribution in [0.25, 0.3) is 10.2 Å². The number of nitrogens with zero attached hydrogens (tertiary/aromatic N) is 1. The third-order valence-electron chi connectivity index (χ3n) is 6.44. The van der Waals surface area contributed by atoms with E-state index >= 15 is 0 Å². The molecule has 5 rings (SSSR count). The van der Waals surface area contributed by atoms with Crippen LogP contribution in [0.15, 0.2) is 60.0 Å². The molecule has 3 heterocycles. The Hall–Kier alpha value is -3.33. The third kappa shape index (κ3) is 5.19. The molecule has 2 aromatic carbocycles. The molecule has 8 heteroatoms. The molecule has 0 radical (unpaired) electrons. The van der Waals surface area contributed by atoms with E-state index in [9.17, 15) is 9.90 Å². The molecule has 0 aliphatic carbocycles. The summed E-state index contributed by atoms with van der Waals surface area (Å²) >= 11 is 1.61.